The first-order valence-corrected chi connectivity index (χ1v) is 7.94. The van der Waals surface area contributed by atoms with Crippen LogP contribution in [0.2, 0.25) is 5.02 Å². The molecule has 19 heavy (non-hydrogen) atoms. The molecule has 0 spiro atoms. The van der Waals surface area contributed by atoms with Crippen molar-refractivity contribution >= 4 is 40.1 Å². The SMILES string of the molecule is CC(N)C1CCN(C(=O)c2ccc(I)cc2Cl)CC1. The van der Waals surface area contributed by atoms with Crippen LogP contribution >= 0.6 is 34.2 Å². The lowest BCUT2D eigenvalue weighted by Gasteiger charge is -2.33. The Morgan fingerprint density at radius 2 is 2.11 bits per heavy atom. The lowest BCUT2D eigenvalue weighted by molar-refractivity contribution is 0.0681. The van der Waals surface area contributed by atoms with E-state index in [1.807, 2.05) is 30.0 Å². The van der Waals surface area contributed by atoms with Crippen molar-refractivity contribution in [3.63, 3.8) is 0 Å². The smallest absolute Gasteiger partial charge is 0.255 e. The summed E-state index contributed by atoms with van der Waals surface area (Å²) in [5.74, 6) is 0.556. The summed E-state index contributed by atoms with van der Waals surface area (Å²) >= 11 is 8.34. The second-order valence-electron chi connectivity index (χ2n) is 5.11. The quantitative estimate of drug-likeness (QED) is 0.786. The Hall–Kier alpha value is -0.330. The molecule has 1 heterocycles. The molecule has 0 bridgehead atoms. The largest absolute Gasteiger partial charge is 0.339 e. The molecule has 1 aromatic rings. The number of halogens is 2. The molecule has 0 radical (unpaired) electrons. The molecule has 1 fully saturated rings. The highest BCUT2D eigenvalue weighted by Gasteiger charge is 2.26. The topological polar surface area (TPSA) is 46.3 Å². The Bertz CT molecular complexity index is 471. The summed E-state index contributed by atoms with van der Waals surface area (Å²) in [7, 11) is 0. The molecular weight excluding hydrogens is 375 g/mol. The summed E-state index contributed by atoms with van der Waals surface area (Å²) in [4.78, 5) is 14.3. The molecule has 1 aliphatic rings. The second kappa shape index (κ2) is 6.41. The molecule has 2 N–H and O–H groups in total. The van der Waals surface area contributed by atoms with Crippen LogP contribution in [0.25, 0.3) is 0 Å². The van der Waals surface area contributed by atoms with Crippen molar-refractivity contribution in [2.24, 2.45) is 11.7 Å². The maximum Gasteiger partial charge on any atom is 0.255 e. The molecule has 1 atom stereocenters. The van der Waals surface area contributed by atoms with E-state index in [-0.39, 0.29) is 11.9 Å². The summed E-state index contributed by atoms with van der Waals surface area (Å²) < 4.78 is 1.04. The highest BCUT2D eigenvalue weighted by atomic mass is 127. The van der Waals surface area contributed by atoms with Gasteiger partial charge < -0.3 is 10.6 Å². The third kappa shape index (κ3) is 3.61. The van der Waals surface area contributed by atoms with Gasteiger partial charge in [-0.25, -0.2) is 0 Å². The fourth-order valence-electron chi connectivity index (χ4n) is 2.46. The van der Waals surface area contributed by atoms with E-state index in [2.05, 4.69) is 22.6 Å². The lowest BCUT2D eigenvalue weighted by atomic mass is 9.90. The Labute approximate surface area is 132 Å². The van der Waals surface area contributed by atoms with Crippen molar-refractivity contribution in [2.45, 2.75) is 25.8 Å². The molecule has 1 saturated heterocycles. The average molecular weight is 393 g/mol. The van der Waals surface area contributed by atoms with E-state index in [1.54, 1.807) is 0 Å². The summed E-state index contributed by atoms with van der Waals surface area (Å²) in [5, 5.41) is 0.534. The lowest BCUT2D eigenvalue weighted by Crippen LogP contribution is -2.42. The zero-order chi connectivity index (χ0) is 14.0. The minimum Gasteiger partial charge on any atom is -0.339 e. The third-order valence-electron chi connectivity index (χ3n) is 3.73. The van der Waals surface area contributed by atoms with Gasteiger partial charge in [-0.3, -0.25) is 4.79 Å². The van der Waals surface area contributed by atoms with Crippen LogP contribution in [0.15, 0.2) is 18.2 Å². The van der Waals surface area contributed by atoms with Gasteiger partial charge in [-0.15, -0.1) is 0 Å². The zero-order valence-corrected chi connectivity index (χ0v) is 13.8. The Balaban J connectivity index is 2.05. The first-order chi connectivity index (χ1) is 8.99. The number of likely N-dealkylation sites (tertiary alicyclic amines) is 1. The normalized spacial score (nSPS) is 18.4. The number of carbonyl (C=O) groups is 1. The molecule has 1 aliphatic heterocycles. The number of carbonyl (C=O) groups excluding carboxylic acids is 1. The number of amides is 1. The minimum absolute atomic E-state index is 0.0320. The number of hydrogen-bond donors (Lipinski definition) is 1. The Kier molecular flexibility index (Phi) is 5.09. The predicted octanol–water partition coefficient (Wildman–Crippen LogP) is 3.14. The molecule has 104 valence electrons. The molecule has 0 aliphatic carbocycles. The number of piperidine rings is 1. The van der Waals surface area contributed by atoms with Gasteiger partial charge in [0.15, 0.2) is 0 Å². The van der Waals surface area contributed by atoms with Gasteiger partial charge in [0.2, 0.25) is 0 Å². The van der Waals surface area contributed by atoms with E-state index in [9.17, 15) is 4.79 Å². The number of nitrogens with two attached hydrogens (primary N) is 1. The molecule has 1 aromatic carbocycles. The summed E-state index contributed by atoms with van der Waals surface area (Å²) in [6.45, 7) is 3.58. The van der Waals surface area contributed by atoms with Crippen LogP contribution in [0.3, 0.4) is 0 Å². The van der Waals surface area contributed by atoms with Gasteiger partial charge in [0, 0.05) is 22.7 Å². The Morgan fingerprint density at radius 1 is 1.47 bits per heavy atom. The summed E-state index contributed by atoms with van der Waals surface area (Å²) in [5.41, 5.74) is 6.51. The van der Waals surface area contributed by atoms with Crippen LogP contribution in [0.1, 0.15) is 30.1 Å². The van der Waals surface area contributed by atoms with Crippen molar-refractivity contribution in [3.8, 4) is 0 Å². The van der Waals surface area contributed by atoms with Crippen molar-refractivity contribution < 1.29 is 4.79 Å². The van der Waals surface area contributed by atoms with E-state index >= 15 is 0 Å². The van der Waals surface area contributed by atoms with E-state index in [4.69, 9.17) is 17.3 Å². The van der Waals surface area contributed by atoms with Crippen molar-refractivity contribution in [1.29, 1.82) is 0 Å². The van der Waals surface area contributed by atoms with Crippen LogP contribution in [0, 0.1) is 9.49 Å². The van der Waals surface area contributed by atoms with Crippen LogP contribution in [0.4, 0.5) is 0 Å². The van der Waals surface area contributed by atoms with Gasteiger partial charge in [0.05, 0.1) is 10.6 Å². The van der Waals surface area contributed by atoms with Gasteiger partial charge in [0.1, 0.15) is 0 Å². The van der Waals surface area contributed by atoms with Crippen LogP contribution in [-0.4, -0.2) is 29.9 Å². The van der Waals surface area contributed by atoms with Crippen molar-refractivity contribution in [1.82, 2.24) is 4.90 Å². The number of hydrogen-bond acceptors (Lipinski definition) is 2. The van der Waals surface area contributed by atoms with E-state index < -0.39 is 0 Å². The molecule has 2 rings (SSSR count). The van der Waals surface area contributed by atoms with Crippen LogP contribution in [-0.2, 0) is 0 Å². The molecule has 0 saturated carbocycles. The molecular formula is C14H18ClIN2O. The summed E-state index contributed by atoms with van der Waals surface area (Å²) in [6, 6.07) is 5.75. The van der Waals surface area contributed by atoms with Gasteiger partial charge in [-0.2, -0.15) is 0 Å². The first-order valence-electron chi connectivity index (χ1n) is 6.49. The fourth-order valence-corrected chi connectivity index (χ4v) is 3.40. The summed E-state index contributed by atoms with van der Waals surface area (Å²) in [6.07, 6.45) is 1.96. The molecule has 1 amide bonds. The van der Waals surface area contributed by atoms with E-state index in [0.29, 0.717) is 16.5 Å². The first kappa shape index (κ1) is 15.1. The van der Waals surface area contributed by atoms with Gasteiger partial charge in [-0.1, -0.05) is 11.6 Å². The van der Waals surface area contributed by atoms with Gasteiger partial charge in [-0.05, 0) is 66.5 Å². The van der Waals surface area contributed by atoms with Crippen LogP contribution in [0.5, 0.6) is 0 Å². The zero-order valence-electron chi connectivity index (χ0n) is 10.9. The van der Waals surface area contributed by atoms with Gasteiger partial charge >= 0.3 is 0 Å². The van der Waals surface area contributed by atoms with Gasteiger partial charge in [0.25, 0.3) is 5.91 Å². The maximum absolute atomic E-state index is 12.4. The predicted molar refractivity (Wildman–Crippen MR) is 86.4 cm³/mol. The Morgan fingerprint density at radius 3 is 2.63 bits per heavy atom. The monoisotopic (exact) mass is 392 g/mol. The standard InChI is InChI=1S/C14H18ClIN2O/c1-9(17)10-4-6-18(7-5-10)14(19)12-3-2-11(16)8-13(12)15/h2-3,8-10H,4-7,17H2,1H3. The van der Waals surface area contributed by atoms with Crippen molar-refractivity contribution in [2.75, 3.05) is 13.1 Å². The third-order valence-corrected chi connectivity index (χ3v) is 4.72. The number of rotatable bonds is 2. The minimum atomic E-state index is 0.0320. The van der Waals surface area contributed by atoms with Crippen molar-refractivity contribution in [3.05, 3.63) is 32.4 Å². The van der Waals surface area contributed by atoms with E-state index in [1.165, 1.54) is 0 Å². The maximum atomic E-state index is 12.4. The highest BCUT2D eigenvalue weighted by Crippen LogP contribution is 2.24. The molecule has 3 nitrogen and oxygen atoms in total. The van der Waals surface area contributed by atoms with E-state index in [0.717, 1.165) is 29.5 Å². The molecule has 0 aromatic heterocycles. The number of benzene rings is 1. The number of nitrogens with zero attached hydrogens (tertiary/aromatic N) is 1. The average Bonchev–Trinajstić information content (AvgIpc) is 2.38. The second-order valence-corrected chi connectivity index (χ2v) is 6.77. The molecule has 5 heteroatoms. The highest BCUT2D eigenvalue weighted by molar-refractivity contribution is 14.1. The molecule has 1 unspecified atom stereocenters. The van der Waals surface area contributed by atoms with Crippen LogP contribution < -0.4 is 5.73 Å². The fraction of sp³-hybridized carbons (Fsp3) is 0.500.